The van der Waals surface area contributed by atoms with Gasteiger partial charge in [0.2, 0.25) is 5.91 Å². The molecule has 0 saturated heterocycles. The third kappa shape index (κ3) is 3.43. The Balaban J connectivity index is 1.61. The number of nitrogens with zero attached hydrogens (tertiary/aromatic N) is 2. The van der Waals surface area contributed by atoms with Crippen molar-refractivity contribution in [1.29, 1.82) is 0 Å². The molecule has 180 valence electrons. The van der Waals surface area contributed by atoms with Crippen LogP contribution in [0.1, 0.15) is 50.0 Å². The minimum atomic E-state index is -1.16. The van der Waals surface area contributed by atoms with Crippen molar-refractivity contribution in [2.75, 3.05) is 19.1 Å². The SMILES string of the molecule is COc1ccc(N2C(=O)c3cc4occc4n3C[C@]2(C)C(=O)N[C@H]2CCCC[C@@H]2C)cc1OC. The van der Waals surface area contributed by atoms with Gasteiger partial charge in [-0.3, -0.25) is 14.5 Å². The van der Waals surface area contributed by atoms with E-state index in [9.17, 15) is 9.59 Å². The number of anilines is 1. The zero-order valence-corrected chi connectivity index (χ0v) is 20.1. The van der Waals surface area contributed by atoms with Crippen LogP contribution in [0.25, 0.3) is 11.1 Å². The number of carbonyl (C=O) groups is 2. The van der Waals surface area contributed by atoms with Crippen LogP contribution in [-0.4, -0.2) is 42.2 Å². The van der Waals surface area contributed by atoms with Crippen molar-refractivity contribution < 1.29 is 23.5 Å². The van der Waals surface area contributed by atoms with Crippen molar-refractivity contribution in [2.45, 2.75) is 57.7 Å². The molecule has 1 aliphatic carbocycles. The minimum Gasteiger partial charge on any atom is -0.493 e. The van der Waals surface area contributed by atoms with Gasteiger partial charge in [-0.2, -0.15) is 0 Å². The maximum Gasteiger partial charge on any atom is 0.276 e. The molecule has 0 radical (unpaired) electrons. The van der Waals surface area contributed by atoms with Gasteiger partial charge in [-0.25, -0.2) is 0 Å². The summed E-state index contributed by atoms with van der Waals surface area (Å²) in [6, 6.07) is 8.96. The molecule has 1 saturated carbocycles. The van der Waals surface area contributed by atoms with E-state index in [1.54, 1.807) is 49.6 Å². The molecule has 0 bridgehead atoms. The molecule has 2 amide bonds. The van der Waals surface area contributed by atoms with Crippen LogP contribution in [0.4, 0.5) is 5.69 Å². The average molecular weight is 466 g/mol. The van der Waals surface area contributed by atoms with Crippen LogP contribution in [-0.2, 0) is 11.3 Å². The van der Waals surface area contributed by atoms with Gasteiger partial charge in [-0.15, -0.1) is 0 Å². The Morgan fingerprint density at radius 1 is 1.12 bits per heavy atom. The fourth-order valence-electron chi connectivity index (χ4n) is 5.44. The van der Waals surface area contributed by atoms with Crippen molar-refractivity contribution in [3.63, 3.8) is 0 Å². The van der Waals surface area contributed by atoms with Crippen LogP contribution >= 0.6 is 0 Å². The van der Waals surface area contributed by atoms with Crippen LogP contribution in [0.2, 0.25) is 0 Å². The number of carbonyl (C=O) groups excluding carboxylic acids is 2. The molecule has 1 fully saturated rings. The Morgan fingerprint density at radius 2 is 1.88 bits per heavy atom. The highest BCUT2D eigenvalue weighted by Crippen LogP contribution is 2.40. The Hall–Kier alpha value is -3.42. The van der Waals surface area contributed by atoms with Crippen LogP contribution < -0.4 is 19.7 Å². The lowest BCUT2D eigenvalue weighted by Crippen LogP contribution is -2.65. The first kappa shape index (κ1) is 22.4. The second kappa shape index (κ2) is 8.42. The molecule has 1 aromatic carbocycles. The van der Waals surface area contributed by atoms with E-state index in [2.05, 4.69) is 12.2 Å². The third-order valence-corrected chi connectivity index (χ3v) is 7.45. The van der Waals surface area contributed by atoms with Gasteiger partial charge >= 0.3 is 0 Å². The molecule has 5 rings (SSSR count). The molecule has 3 aromatic rings. The third-order valence-electron chi connectivity index (χ3n) is 7.45. The summed E-state index contributed by atoms with van der Waals surface area (Å²) >= 11 is 0. The zero-order chi connectivity index (χ0) is 24.0. The lowest BCUT2D eigenvalue weighted by molar-refractivity contribution is -0.127. The molecule has 3 heterocycles. The van der Waals surface area contributed by atoms with Gasteiger partial charge in [-0.1, -0.05) is 19.8 Å². The molecule has 2 aliphatic rings. The summed E-state index contributed by atoms with van der Waals surface area (Å²) in [5.74, 6) is 1.02. The molecule has 34 heavy (non-hydrogen) atoms. The summed E-state index contributed by atoms with van der Waals surface area (Å²) in [7, 11) is 3.11. The lowest BCUT2D eigenvalue weighted by atomic mass is 9.84. The topological polar surface area (TPSA) is 85.9 Å². The van der Waals surface area contributed by atoms with Gasteiger partial charge in [0.05, 0.1) is 32.5 Å². The predicted octanol–water partition coefficient (Wildman–Crippen LogP) is 4.37. The Morgan fingerprint density at radius 3 is 2.62 bits per heavy atom. The number of benzene rings is 1. The monoisotopic (exact) mass is 465 g/mol. The molecule has 1 aliphatic heterocycles. The molecule has 1 N–H and O–H groups in total. The normalized spacial score (nSPS) is 24.7. The molecular weight excluding hydrogens is 434 g/mol. The van der Waals surface area contributed by atoms with E-state index in [0.717, 1.165) is 24.8 Å². The quantitative estimate of drug-likeness (QED) is 0.605. The number of rotatable bonds is 5. The summed E-state index contributed by atoms with van der Waals surface area (Å²) in [5, 5.41) is 3.29. The lowest BCUT2D eigenvalue weighted by Gasteiger charge is -2.45. The highest BCUT2D eigenvalue weighted by molar-refractivity contribution is 6.13. The number of aromatic nitrogens is 1. The number of methoxy groups -OCH3 is 2. The van der Waals surface area contributed by atoms with Crippen molar-refractivity contribution in [3.8, 4) is 11.5 Å². The van der Waals surface area contributed by atoms with E-state index >= 15 is 0 Å². The maximum absolute atomic E-state index is 13.9. The Bertz CT molecular complexity index is 1240. The minimum absolute atomic E-state index is 0.0976. The van der Waals surface area contributed by atoms with Gasteiger partial charge in [0.15, 0.2) is 17.1 Å². The second-order valence-electron chi connectivity index (χ2n) is 9.58. The van der Waals surface area contributed by atoms with E-state index in [1.807, 2.05) is 17.6 Å². The average Bonchev–Trinajstić information content (AvgIpc) is 3.43. The van der Waals surface area contributed by atoms with Gasteiger partial charge in [0, 0.05) is 29.9 Å². The standard InChI is InChI=1S/C26H31N3O5/c1-16-7-5-6-8-18(16)27-25(31)26(2)15-28-19-11-12-34-22(19)14-20(28)24(30)29(26)17-9-10-21(32-3)23(13-17)33-4/h9-14,16,18H,5-8,15H2,1-4H3,(H,27,31)/t16-,18-,26+/m0/s1. The van der Waals surface area contributed by atoms with E-state index in [4.69, 9.17) is 13.9 Å². The van der Waals surface area contributed by atoms with E-state index in [0.29, 0.717) is 40.9 Å². The number of fused-ring (bicyclic) bond motifs is 3. The number of hydrogen-bond donors (Lipinski definition) is 1. The number of furan rings is 1. The van der Waals surface area contributed by atoms with E-state index in [-0.39, 0.29) is 17.9 Å². The molecule has 2 aromatic heterocycles. The highest BCUT2D eigenvalue weighted by atomic mass is 16.5. The molecular formula is C26H31N3O5. The van der Waals surface area contributed by atoms with E-state index < -0.39 is 5.54 Å². The fraction of sp³-hybridized carbons (Fsp3) is 0.462. The van der Waals surface area contributed by atoms with Crippen molar-refractivity contribution in [1.82, 2.24) is 9.88 Å². The number of nitrogens with one attached hydrogen (secondary N) is 1. The predicted molar refractivity (Wildman–Crippen MR) is 129 cm³/mol. The summed E-state index contributed by atoms with van der Waals surface area (Å²) < 4.78 is 18.3. The second-order valence-corrected chi connectivity index (χ2v) is 9.58. The summed E-state index contributed by atoms with van der Waals surface area (Å²) in [5.41, 5.74) is 1.33. The molecule has 8 nitrogen and oxygen atoms in total. The van der Waals surface area contributed by atoms with Gasteiger partial charge in [0.25, 0.3) is 5.91 Å². The van der Waals surface area contributed by atoms with Crippen LogP contribution in [0.3, 0.4) is 0 Å². The van der Waals surface area contributed by atoms with Crippen molar-refractivity contribution >= 4 is 28.6 Å². The van der Waals surface area contributed by atoms with Gasteiger partial charge < -0.3 is 23.8 Å². The first-order valence-corrected chi connectivity index (χ1v) is 11.8. The fourth-order valence-corrected chi connectivity index (χ4v) is 5.44. The number of amides is 2. The van der Waals surface area contributed by atoms with Crippen LogP contribution in [0.15, 0.2) is 41.0 Å². The number of hydrogen-bond acceptors (Lipinski definition) is 5. The molecule has 8 heteroatoms. The summed E-state index contributed by atoms with van der Waals surface area (Å²) in [6.45, 7) is 4.32. The van der Waals surface area contributed by atoms with Crippen molar-refractivity contribution in [2.24, 2.45) is 5.92 Å². The van der Waals surface area contributed by atoms with Crippen LogP contribution in [0.5, 0.6) is 11.5 Å². The molecule has 3 atom stereocenters. The first-order chi connectivity index (χ1) is 16.4. The van der Waals surface area contributed by atoms with Gasteiger partial charge in [0.1, 0.15) is 11.2 Å². The van der Waals surface area contributed by atoms with Crippen molar-refractivity contribution in [3.05, 3.63) is 42.3 Å². The maximum atomic E-state index is 13.9. The largest absolute Gasteiger partial charge is 0.493 e. The zero-order valence-electron chi connectivity index (χ0n) is 20.1. The molecule has 0 unspecified atom stereocenters. The van der Waals surface area contributed by atoms with Crippen LogP contribution in [0, 0.1) is 5.92 Å². The summed E-state index contributed by atoms with van der Waals surface area (Å²) in [4.78, 5) is 29.5. The Kier molecular flexibility index (Phi) is 5.54. The summed E-state index contributed by atoms with van der Waals surface area (Å²) in [6.07, 6.45) is 5.93. The molecule has 0 spiro atoms. The highest BCUT2D eigenvalue weighted by Gasteiger charge is 2.49. The Labute approximate surface area is 198 Å². The smallest absolute Gasteiger partial charge is 0.276 e. The van der Waals surface area contributed by atoms with Gasteiger partial charge in [-0.05, 0) is 37.8 Å². The van der Waals surface area contributed by atoms with E-state index in [1.165, 1.54) is 6.42 Å². The first-order valence-electron chi connectivity index (χ1n) is 11.8. The number of ether oxygens (including phenoxy) is 2.